The van der Waals surface area contributed by atoms with Crippen molar-refractivity contribution in [3.05, 3.63) is 0 Å². The summed E-state index contributed by atoms with van der Waals surface area (Å²) in [5.41, 5.74) is -0.420. The van der Waals surface area contributed by atoms with Gasteiger partial charge in [0.2, 0.25) is 0 Å². The maximum Gasteiger partial charge on any atom is 0.312 e. The first-order valence-corrected chi connectivity index (χ1v) is 7.62. The molecule has 1 saturated carbocycles. The number of hydrogen-bond acceptors (Lipinski definition) is 4. The Morgan fingerprint density at radius 1 is 1.16 bits per heavy atom. The van der Waals surface area contributed by atoms with Crippen LogP contribution in [0.4, 0.5) is 0 Å². The van der Waals surface area contributed by atoms with Gasteiger partial charge in [-0.2, -0.15) is 0 Å². The Morgan fingerprint density at radius 3 is 2.42 bits per heavy atom. The Labute approximate surface area is 115 Å². The summed E-state index contributed by atoms with van der Waals surface area (Å²) in [4.78, 5) is 12.3. The van der Waals surface area contributed by atoms with Crippen LogP contribution >= 0.6 is 0 Å². The van der Waals surface area contributed by atoms with Crippen LogP contribution in [-0.4, -0.2) is 35.9 Å². The molecule has 1 aliphatic heterocycles. The number of piperidine rings is 1. The molecule has 4 heteroatoms. The van der Waals surface area contributed by atoms with E-state index >= 15 is 0 Å². The van der Waals surface area contributed by atoms with Crippen molar-refractivity contribution in [1.82, 2.24) is 5.32 Å². The maximum absolute atomic E-state index is 12.3. The number of aliphatic hydroxyl groups excluding tert-OH is 1. The van der Waals surface area contributed by atoms with Crippen molar-refractivity contribution < 1.29 is 14.6 Å². The minimum absolute atomic E-state index is 0.198. The van der Waals surface area contributed by atoms with Crippen molar-refractivity contribution in [1.29, 1.82) is 0 Å². The van der Waals surface area contributed by atoms with E-state index in [4.69, 9.17) is 4.74 Å². The molecule has 0 amide bonds. The van der Waals surface area contributed by atoms with Crippen LogP contribution < -0.4 is 5.32 Å². The maximum atomic E-state index is 12.3. The van der Waals surface area contributed by atoms with Gasteiger partial charge >= 0.3 is 5.97 Å². The number of ether oxygens (including phenoxy) is 1. The van der Waals surface area contributed by atoms with Crippen molar-refractivity contribution >= 4 is 5.97 Å². The van der Waals surface area contributed by atoms with Crippen molar-refractivity contribution in [3.63, 3.8) is 0 Å². The summed E-state index contributed by atoms with van der Waals surface area (Å²) in [7, 11) is 0. The van der Waals surface area contributed by atoms with E-state index in [1.165, 1.54) is 0 Å². The molecule has 2 aliphatic rings. The molecular formula is C15H27NO3. The molecule has 0 aromatic heterocycles. The highest BCUT2D eigenvalue weighted by atomic mass is 16.6. The predicted octanol–water partition coefficient (Wildman–Crippen LogP) is 1.86. The highest BCUT2D eigenvalue weighted by Gasteiger charge is 2.38. The SMILES string of the molecule is CC(C)(OC(=O)C1CCCCC1O)C1CCNCC1. The second-order valence-corrected chi connectivity index (χ2v) is 6.51. The van der Waals surface area contributed by atoms with Crippen LogP contribution in [0.15, 0.2) is 0 Å². The summed E-state index contributed by atoms with van der Waals surface area (Å²) in [6, 6.07) is 0. The van der Waals surface area contributed by atoms with E-state index in [-0.39, 0.29) is 11.9 Å². The van der Waals surface area contributed by atoms with Gasteiger partial charge in [-0.3, -0.25) is 4.79 Å². The number of carbonyl (C=O) groups excluding carboxylic acids is 1. The van der Waals surface area contributed by atoms with Gasteiger partial charge in [-0.05, 0) is 52.6 Å². The molecule has 0 bridgehead atoms. The molecule has 110 valence electrons. The first kappa shape index (κ1) is 14.8. The van der Waals surface area contributed by atoms with E-state index in [9.17, 15) is 9.90 Å². The molecule has 1 heterocycles. The fraction of sp³-hybridized carbons (Fsp3) is 0.933. The summed E-state index contributed by atoms with van der Waals surface area (Å²) in [5, 5.41) is 13.3. The zero-order valence-electron chi connectivity index (χ0n) is 12.2. The van der Waals surface area contributed by atoms with E-state index in [0.29, 0.717) is 5.92 Å². The zero-order valence-corrected chi connectivity index (χ0v) is 12.2. The monoisotopic (exact) mass is 269 g/mol. The zero-order chi connectivity index (χ0) is 13.9. The molecule has 0 aromatic rings. The largest absolute Gasteiger partial charge is 0.459 e. The summed E-state index contributed by atoms with van der Waals surface area (Å²) in [5.74, 6) is -0.0936. The molecular weight excluding hydrogens is 242 g/mol. The van der Waals surface area contributed by atoms with E-state index in [1.807, 2.05) is 13.8 Å². The van der Waals surface area contributed by atoms with E-state index < -0.39 is 11.7 Å². The highest BCUT2D eigenvalue weighted by molar-refractivity contribution is 5.73. The van der Waals surface area contributed by atoms with Crippen molar-refractivity contribution in [2.45, 2.75) is 64.1 Å². The minimum Gasteiger partial charge on any atom is -0.459 e. The lowest BCUT2D eigenvalue weighted by Gasteiger charge is -2.38. The molecule has 0 aromatic carbocycles. The predicted molar refractivity (Wildman–Crippen MR) is 73.7 cm³/mol. The topological polar surface area (TPSA) is 58.6 Å². The molecule has 0 radical (unpaired) electrons. The fourth-order valence-electron chi connectivity index (χ4n) is 3.32. The van der Waals surface area contributed by atoms with Crippen molar-refractivity contribution in [3.8, 4) is 0 Å². The molecule has 2 N–H and O–H groups in total. The third-order valence-electron chi connectivity index (χ3n) is 4.72. The van der Waals surface area contributed by atoms with Crippen LogP contribution in [0.2, 0.25) is 0 Å². The van der Waals surface area contributed by atoms with Gasteiger partial charge in [0.25, 0.3) is 0 Å². The van der Waals surface area contributed by atoms with Gasteiger partial charge in [-0.15, -0.1) is 0 Å². The third kappa shape index (κ3) is 3.69. The number of hydrogen-bond donors (Lipinski definition) is 2. The van der Waals surface area contributed by atoms with Crippen LogP contribution in [0.1, 0.15) is 52.4 Å². The highest BCUT2D eigenvalue weighted by Crippen LogP contribution is 2.32. The van der Waals surface area contributed by atoms with Gasteiger partial charge in [0.05, 0.1) is 12.0 Å². The number of rotatable bonds is 3. The summed E-state index contributed by atoms with van der Waals surface area (Å²) in [6.07, 6.45) is 5.12. The van der Waals surface area contributed by atoms with Gasteiger partial charge in [0.1, 0.15) is 5.60 Å². The normalized spacial score (nSPS) is 30.1. The van der Waals surface area contributed by atoms with Gasteiger partial charge in [0.15, 0.2) is 0 Å². The average molecular weight is 269 g/mol. The Hall–Kier alpha value is -0.610. The van der Waals surface area contributed by atoms with Crippen LogP contribution in [0.5, 0.6) is 0 Å². The molecule has 19 heavy (non-hydrogen) atoms. The Morgan fingerprint density at radius 2 is 1.79 bits per heavy atom. The summed E-state index contributed by atoms with van der Waals surface area (Å²) in [6.45, 7) is 6.02. The second-order valence-electron chi connectivity index (χ2n) is 6.51. The summed E-state index contributed by atoms with van der Waals surface area (Å²) < 4.78 is 5.76. The molecule has 2 rings (SSSR count). The lowest BCUT2D eigenvalue weighted by Crippen LogP contribution is -2.45. The number of nitrogens with one attached hydrogen (secondary N) is 1. The lowest BCUT2D eigenvalue weighted by atomic mass is 9.82. The molecule has 1 aliphatic carbocycles. The molecule has 0 spiro atoms. The first-order chi connectivity index (χ1) is 9.00. The smallest absolute Gasteiger partial charge is 0.312 e. The van der Waals surface area contributed by atoms with E-state index in [2.05, 4.69) is 5.32 Å². The molecule has 2 unspecified atom stereocenters. The lowest BCUT2D eigenvalue weighted by molar-refractivity contribution is -0.173. The number of carbonyl (C=O) groups is 1. The fourth-order valence-corrected chi connectivity index (χ4v) is 3.32. The average Bonchev–Trinajstić information content (AvgIpc) is 2.39. The number of aliphatic hydroxyl groups is 1. The molecule has 1 saturated heterocycles. The Kier molecular flexibility index (Phi) is 4.85. The quantitative estimate of drug-likeness (QED) is 0.768. The molecule has 2 atom stereocenters. The van der Waals surface area contributed by atoms with Gasteiger partial charge < -0.3 is 15.2 Å². The minimum atomic E-state index is -0.509. The Balaban J connectivity index is 1.92. The van der Waals surface area contributed by atoms with Gasteiger partial charge in [-0.25, -0.2) is 0 Å². The van der Waals surface area contributed by atoms with E-state index in [1.54, 1.807) is 0 Å². The van der Waals surface area contributed by atoms with E-state index in [0.717, 1.165) is 51.6 Å². The second kappa shape index (κ2) is 6.23. The van der Waals surface area contributed by atoms with Crippen LogP contribution in [-0.2, 0) is 9.53 Å². The van der Waals surface area contributed by atoms with Crippen LogP contribution in [0, 0.1) is 11.8 Å². The first-order valence-electron chi connectivity index (χ1n) is 7.62. The van der Waals surface area contributed by atoms with Crippen LogP contribution in [0.25, 0.3) is 0 Å². The van der Waals surface area contributed by atoms with Crippen LogP contribution in [0.3, 0.4) is 0 Å². The molecule has 2 fully saturated rings. The standard InChI is InChI=1S/C15H27NO3/c1-15(2,11-7-9-16-10-8-11)19-14(18)12-5-3-4-6-13(12)17/h11-13,16-17H,3-10H2,1-2H3. The number of esters is 1. The van der Waals surface area contributed by atoms with Gasteiger partial charge in [-0.1, -0.05) is 12.8 Å². The Bertz CT molecular complexity index is 311. The van der Waals surface area contributed by atoms with Crippen molar-refractivity contribution in [2.75, 3.05) is 13.1 Å². The summed E-state index contributed by atoms with van der Waals surface area (Å²) >= 11 is 0. The van der Waals surface area contributed by atoms with Crippen molar-refractivity contribution in [2.24, 2.45) is 11.8 Å². The van der Waals surface area contributed by atoms with Gasteiger partial charge in [0, 0.05) is 5.92 Å². The third-order valence-corrected chi connectivity index (χ3v) is 4.72. The molecule has 4 nitrogen and oxygen atoms in total.